The second-order valence-corrected chi connectivity index (χ2v) is 9.92. The van der Waals surface area contributed by atoms with Crippen LogP contribution in [-0.4, -0.2) is 39.9 Å². The highest BCUT2D eigenvalue weighted by Gasteiger charge is 2.19. The molecular weight excluding hydrogens is 476 g/mol. The number of hydrogen-bond acceptors (Lipinski definition) is 5. The zero-order chi connectivity index (χ0) is 25.5. The van der Waals surface area contributed by atoms with Gasteiger partial charge in [0.25, 0.3) is 0 Å². The van der Waals surface area contributed by atoms with Crippen molar-refractivity contribution in [1.82, 2.24) is 10.3 Å². The van der Waals surface area contributed by atoms with Crippen LogP contribution in [0.3, 0.4) is 0 Å². The second-order valence-electron chi connectivity index (χ2n) is 9.53. The standard InChI is InChI=1S/C29H33ClN2O4/c1-19(31-18-26(33)23-12-14-28(30)32-17-23)15-20-7-9-21(10-8-20)22-11-13-25(29(34)35)27(16-22)36-24-5-3-2-4-6-24/h7-14,16-17,19,24,26,31,33H,2-6,15,18H2,1H3,(H,34,35)/t19-,26+/m1/s1. The van der Waals surface area contributed by atoms with Crippen LogP contribution in [-0.2, 0) is 6.42 Å². The molecule has 3 N–H and O–H groups in total. The zero-order valence-corrected chi connectivity index (χ0v) is 21.2. The highest BCUT2D eigenvalue weighted by molar-refractivity contribution is 6.29. The number of aromatic carboxylic acids is 1. The molecule has 7 heteroatoms. The molecule has 1 aliphatic carbocycles. The molecule has 6 nitrogen and oxygen atoms in total. The van der Waals surface area contributed by atoms with Crippen LogP contribution in [0.5, 0.6) is 5.75 Å². The van der Waals surface area contributed by atoms with Crippen LogP contribution in [0, 0.1) is 0 Å². The first kappa shape index (κ1) is 26.1. The van der Waals surface area contributed by atoms with Crippen molar-refractivity contribution >= 4 is 17.6 Å². The predicted molar refractivity (Wildman–Crippen MR) is 142 cm³/mol. The molecule has 0 unspecified atom stereocenters. The number of benzene rings is 2. The maximum Gasteiger partial charge on any atom is 0.339 e. The molecule has 0 spiro atoms. The smallest absolute Gasteiger partial charge is 0.339 e. The van der Waals surface area contributed by atoms with Crippen molar-refractivity contribution in [2.24, 2.45) is 0 Å². The summed E-state index contributed by atoms with van der Waals surface area (Å²) >= 11 is 5.81. The molecular formula is C29H33ClN2O4. The summed E-state index contributed by atoms with van der Waals surface area (Å²) in [6.07, 6.45) is 7.23. The van der Waals surface area contributed by atoms with Gasteiger partial charge in [-0.3, -0.25) is 0 Å². The van der Waals surface area contributed by atoms with Crippen molar-refractivity contribution in [2.75, 3.05) is 6.54 Å². The van der Waals surface area contributed by atoms with Gasteiger partial charge in [0, 0.05) is 24.3 Å². The number of ether oxygens (including phenoxy) is 1. The van der Waals surface area contributed by atoms with Gasteiger partial charge < -0.3 is 20.3 Å². The number of aliphatic hydroxyl groups is 1. The van der Waals surface area contributed by atoms with Gasteiger partial charge in [0.2, 0.25) is 0 Å². The molecule has 1 heterocycles. The third-order valence-corrected chi connectivity index (χ3v) is 6.91. The van der Waals surface area contributed by atoms with E-state index >= 15 is 0 Å². The number of halogens is 1. The minimum atomic E-state index is -0.971. The second kappa shape index (κ2) is 12.3. The van der Waals surface area contributed by atoms with Crippen LogP contribution in [0.2, 0.25) is 5.15 Å². The first-order valence-corrected chi connectivity index (χ1v) is 12.9. The van der Waals surface area contributed by atoms with Gasteiger partial charge in [-0.2, -0.15) is 0 Å². The Morgan fingerprint density at radius 2 is 1.81 bits per heavy atom. The highest BCUT2D eigenvalue weighted by Crippen LogP contribution is 2.31. The number of hydrogen-bond donors (Lipinski definition) is 3. The number of nitrogens with zero attached hydrogens (tertiary/aromatic N) is 1. The average Bonchev–Trinajstić information content (AvgIpc) is 2.88. The molecule has 1 saturated carbocycles. The fourth-order valence-corrected chi connectivity index (χ4v) is 4.72. The van der Waals surface area contributed by atoms with Crippen LogP contribution in [0.15, 0.2) is 60.8 Å². The number of aliphatic hydroxyl groups excluding tert-OH is 1. The summed E-state index contributed by atoms with van der Waals surface area (Å²) in [6.45, 7) is 2.50. The molecule has 4 rings (SSSR count). The Bertz CT molecular complexity index is 1140. The van der Waals surface area contributed by atoms with Crippen molar-refractivity contribution < 1.29 is 19.7 Å². The summed E-state index contributed by atoms with van der Waals surface area (Å²) < 4.78 is 6.15. The average molecular weight is 509 g/mol. The van der Waals surface area contributed by atoms with Gasteiger partial charge in [-0.25, -0.2) is 9.78 Å². The SMILES string of the molecule is C[C@H](Cc1ccc(-c2ccc(C(=O)O)c(OC3CCCCC3)c2)cc1)NC[C@H](O)c1ccc(Cl)nc1. The third-order valence-electron chi connectivity index (χ3n) is 6.68. The van der Waals surface area contributed by atoms with Crippen molar-refractivity contribution in [3.05, 3.63) is 82.6 Å². The summed E-state index contributed by atoms with van der Waals surface area (Å²) in [5.74, 6) is -0.523. The lowest BCUT2D eigenvalue weighted by Crippen LogP contribution is -2.32. The summed E-state index contributed by atoms with van der Waals surface area (Å²) in [5.41, 5.74) is 4.04. The van der Waals surface area contributed by atoms with Gasteiger partial charge in [0.1, 0.15) is 16.5 Å². The fraction of sp³-hybridized carbons (Fsp3) is 0.379. The summed E-state index contributed by atoms with van der Waals surface area (Å²) in [4.78, 5) is 15.8. The van der Waals surface area contributed by atoms with Crippen molar-refractivity contribution in [3.8, 4) is 16.9 Å². The molecule has 0 bridgehead atoms. The van der Waals surface area contributed by atoms with Crippen molar-refractivity contribution in [2.45, 2.75) is 63.7 Å². The van der Waals surface area contributed by atoms with Crippen LogP contribution < -0.4 is 10.1 Å². The Labute approximate surface area is 217 Å². The Morgan fingerprint density at radius 1 is 1.08 bits per heavy atom. The fourth-order valence-electron chi connectivity index (χ4n) is 4.61. The lowest BCUT2D eigenvalue weighted by molar-refractivity contribution is 0.0686. The molecule has 0 amide bonds. The van der Waals surface area contributed by atoms with E-state index in [1.54, 1.807) is 24.4 Å². The van der Waals surface area contributed by atoms with Crippen molar-refractivity contribution in [1.29, 1.82) is 0 Å². The van der Waals surface area contributed by atoms with Gasteiger partial charge in [-0.05, 0) is 73.9 Å². The number of aromatic nitrogens is 1. The Kier molecular flexibility index (Phi) is 8.97. The molecule has 190 valence electrons. The van der Waals surface area contributed by atoms with Gasteiger partial charge >= 0.3 is 5.97 Å². The first-order valence-electron chi connectivity index (χ1n) is 12.6. The lowest BCUT2D eigenvalue weighted by Gasteiger charge is -2.24. The number of rotatable bonds is 10. The summed E-state index contributed by atoms with van der Waals surface area (Å²) in [5, 5.41) is 23.8. The quantitative estimate of drug-likeness (QED) is 0.288. The minimum absolute atomic E-state index is 0.0814. The number of pyridine rings is 1. The largest absolute Gasteiger partial charge is 0.490 e. The topological polar surface area (TPSA) is 91.7 Å². The predicted octanol–water partition coefficient (Wildman–Crippen LogP) is 6.07. The van der Waals surface area contributed by atoms with E-state index in [0.717, 1.165) is 48.8 Å². The van der Waals surface area contributed by atoms with Crippen LogP contribution >= 0.6 is 11.6 Å². The van der Waals surface area contributed by atoms with Crippen LogP contribution in [0.4, 0.5) is 0 Å². The van der Waals surface area contributed by atoms with Gasteiger partial charge in [0.05, 0.1) is 12.2 Å². The van der Waals surface area contributed by atoms with Gasteiger partial charge in [-0.15, -0.1) is 0 Å². The number of nitrogens with one attached hydrogen (secondary N) is 1. The Balaban J connectivity index is 1.37. The van der Waals surface area contributed by atoms with Gasteiger partial charge in [-0.1, -0.05) is 54.4 Å². The van der Waals surface area contributed by atoms with Crippen LogP contribution in [0.25, 0.3) is 11.1 Å². The Morgan fingerprint density at radius 3 is 2.47 bits per heavy atom. The van der Waals surface area contributed by atoms with E-state index in [1.807, 2.05) is 12.1 Å². The first-order chi connectivity index (χ1) is 17.4. The molecule has 1 aliphatic rings. The lowest BCUT2D eigenvalue weighted by atomic mass is 9.97. The molecule has 0 saturated heterocycles. The molecule has 0 aliphatic heterocycles. The Hall–Kier alpha value is -2.93. The molecule has 3 aromatic rings. The minimum Gasteiger partial charge on any atom is -0.490 e. The number of carbonyl (C=O) groups is 1. The maximum absolute atomic E-state index is 11.7. The third kappa shape index (κ3) is 7.06. The molecule has 2 aromatic carbocycles. The van der Waals surface area contributed by atoms with E-state index in [0.29, 0.717) is 17.4 Å². The molecule has 2 atom stereocenters. The number of carboxylic acids is 1. The maximum atomic E-state index is 11.7. The van der Waals surface area contributed by atoms with E-state index in [9.17, 15) is 15.0 Å². The van der Waals surface area contributed by atoms with Gasteiger partial charge in [0.15, 0.2) is 0 Å². The van der Waals surface area contributed by atoms with E-state index < -0.39 is 12.1 Å². The highest BCUT2D eigenvalue weighted by atomic mass is 35.5. The van der Waals surface area contributed by atoms with E-state index in [-0.39, 0.29) is 17.7 Å². The van der Waals surface area contributed by atoms with E-state index in [2.05, 4.69) is 41.5 Å². The van der Waals surface area contributed by atoms with Crippen molar-refractivity contribution in [3.63, 3.8) is 0 Å². The van der Waals surface area contributed by atoms with E-state index in [4.69, 9.17) is 16.3 Å². The monoisotopic (exact) mass is 508 g/mol. The molecule has 1 aromatic heterocycles. The number of carboxylic acid groups (broad SMARTS) is 1. The molecule has 0 radical (unpaired) electrons. The summed E-state index contributed by atoms with van der Waals surface area (Å²) in [6, 6.07) is 17.2. The van der Waals surface area contributed by atoms with E-state index in [1.165, 1.54) is 12.0 Å². The summed E-state index contributed by atoms with van der Waals surface area (Å²) in [7, 11) is 0. The zero-order valence-electron chi connectivity index (χ0n) is 20.5. The molecule has 1 fully saturated rings. The van der Waals surface area contributed by atoms with Crippen LogP contribution in [0.1, 0.15) is 66.6 Å². The molecule has 36 heavy (non-hydrogen) atoms. The normalized spacial score (nSPS) is 15.9.